The molecule has 0 aliphatic carbocycles. The number of carbonyl (C=O) groups excluding carboxylic acids is 2. The topological polar surface area (TPSA) is 62.3 Å². The highest BCUT2D eigenvalue weighted by Gasteiger charge is 2.14. The maximum absolute atomic E-state index is 12.4. The van der Waals surface area contributed by atoms with E-state index in [9.17, 15) is 9.59 Å². The Balaban J connectivity index is 1.70. The van der Waals surface area contributed by atoms with Crippen molar-refractivity contribution in [1.29, 1.82) is 0 Å². The Kier molecular flexibility index (Phi) is 5.27. The van der Waals surface area contributed by atoms with Gasteiger partial charge in [-0.3, -0.25) is 14.6 Å². The van der Waals surface area contributed by atoms with Crippen LogP contribution in [0.15, 0.2) is 60.8 Å². The van der Waals surface area contributed by atoms with E-state index < -0.39 is 0 Å². The molecular weight excluding hydrogens is 326 g/mol. The first-order valence-corrected chi connectivity index (χ1v) is 8.53. The SMILES string of the molecule is CC(=O)N(CCC(=O)Nc1cccc2cccnc12)c1cccc(C)c1. The Morgan fingerprint density at radius 3 is 2.62 bits per heavy atom. The number of nitrogens with zero attached hydrogens (tertiary/aromatic N) is 2. The van der Waals surface area contributed by atoms with Gasteiger partial charge in [0.05, 0.1) is 11.2 Å². The summed E-state index contributed by atoms with van der Waals surface area (Å²) in [5.41, 5.74) is 3.31. The van der Waals surface area contributed by atoms with Crippen molar-refractivity contribution in [2.45, 2.75) is 20.3 Å². The summed E-state index contributed by atoms with van der Waals surface area (Å²) < 4.78 is 0. The van der Waals surface area contributed by atoms with Crippen molar-refractivity contribution in [3.05, 3.63) is 66.4 Å². The molecule has 0 saturated heterocycles. The summed E-state index contributed by atoms with van der Waals surface area (Å²) in [6.45, 7) is 3.81. The van der Waals surface area contributed by atoms with Gasteiger partial charge in [0.25, 0.3) is 0 Å². The van der Waals surface area contributed by atoms with E-state index in [0.29, 0.717) is 12.2 Å². The molecule has 1 heterocycles. The van der Waals surface area contributed by atoms with Gasteiger partial charge in [-0.25, -0.2) is 0 Å². The van der Waals surface area contributed by atoms with Gasteiger partial charge in [0.2, 0.25) is 11.8 Å². The van der Waals surface area contributed by atoms with E-state index in [1.807, 2.05) is 61.5 Å². The van der Waals surface area contributed by atoms with Crippen LogP contribution in [0.1, 0.15) is 18.9 Å². The molecule has 0 bridgehead atoms. The first kappa shape index (κ1) is 17.6. The minimum atomic E-state index is -0.151. The zero-order valence-corrected chi connectivity index (χ0v) is 14.9. The maximum Gasteiger partial charge on any atom is 0.226 e. The number of aromatic nitrogens is 1. The van der Waals surface area contributed by atoms with Gasteiger partial charge in [0.1, 0.15) is 0 Å². The predicted octanol–water partition coefficient (Wildman–Crippen LogP) is 3.92. The molecule has 3 aromatic rings. The summed E-state index contributed by atoms with van der Waals surface area (Å²) in [6.07, 6.45) is 1.91. The Morgan fingerprint density at radius 2 is 1.85 bits per heavy atom. The van der Waals surface area contributed by atoms with Crippen molar-refractivity contribution < 1.29 is 9.59 Å². The highest BCUT2D eigenvalue weighted by molar-refractivity contribution is 6.01. The molecule has 1 N–H and O–H groups in total. The molecule has 0 atom stereocenters. The van der Waals surface area contributed by atoms with E-state index in [-0.39, 0.29) is 18.2 Å². The van der Waals surface area contributed by atoms with Crippen LogP contribution in [0.5, 0.6) is 0 Å². The second-order valence-electron chi connectivity index (χ2n) is 6.19. The summed E-state index contributed by atoms with van der Waals surface area (Å²) in [4.78, 5) is 30.3. The standard InChI is InChI=1S/C21H21N3O2/c1-15-6-3-9-18(14-15)24(16(2)25)13-11-20(26)23-19-10-4-7-17-8-5-12-22-21(17)19/h3-10,12,14H,11,13H2,1-2H3,(H,23,26). The number of amides is 2. The fourth-order valence-corrected chi connectivity index (χ4v) is 2.90. The Hall–Kier alpha value is -3.21. The van der Waals surface area contributed by atoms with Crippen LogP contribution in [-0.4, -0.2) is 23.3 Å². The largest absolute Gasteiger partial charge is 0.324 e. The van der Waals surface area contributed by atoms with Crippen LogP contribution in [0.25, 0.3) is 10.9 Å². The van der Waals surface area contributed by atoms with Crippen LogP contribution >= 0.6 is 0 Å². The molecule has 0 unspecified atom stereocenters. The minimum Gasteiger partial charge on any atom is -0.324 e. The van der Waals surface area contributed by atoms with Crippen molar-refractivity contribution in [2.75, 3.05) is 16.8 Å². The first-order chi connectivity index (χ1) is 12.5. The number of anilines is 2. The summed E-state index contributed by atoms with van der Waals surface area (Å²) in [7, 11) is 0. The van der Waals surface area contributed by atoms with E-state index in [1.54, 1.807) is 11.1 Å². The van der Waals surface area contributed by atoms with Crippen LogP contribution in [-0.2, 0) is 9.59 Å². The lowest BCUT2D eigenvalue weighted by Gasteiger charge is -2.21. The fourth-order valence-electron chi connectivity index (χ4n) is 2.90. The van der Waals surface area contributed by atoms with Crippen molar-refractivity contribution in [1.82, 2.24) is 4.98 Å². The number of carbonyl (C=O) groups is 2. The summed E-state index contributed by atoms with van der Waals surface area (Å²) >= 11 is 0. The molecule has 5 nitrogen and oxygen atoms in total. The third-order valence-corrected chi connectivity index (χ3v) is 4.16. The summed E-state index contributed by atoms with van der Waals surface area (Å²) in [6, 6.07) is 17.2. The van der Waals surface area contributed by atoms with Crippen LogP contribution in [0.2, 0.25) is 0 Å². The molecule has 0 aliphatic rings. The second-order valence-corrected chi connectivity index (χ2v) is 6.19. The van der Waals surface area contributed by atoms with Crippen molar-refractivity contribution in [3.8, 4) is 0 Å². The summed E-state index contributed by atoms with van der Waals surface area (Å²) in [5, 5.41) is 3.87. The van der Waals surface area contributed by atoms with Gasteiger partial charge >= 0.3 is 0 Å². The molecule has 0 spiro atoms. The zero-order chi connectivity index (χ0) is 18.5. The average molecular weight is 347 g/mol. The van der Waals surface area contributed by atoms with Gasteiger partial charge in [-0.05, 0) is 36.8 Å². The number of para-hydroxylation sites is 1. The number of benzene rings is 2. The molecule has 1 aromatic heterocycles. The highest BCUT2D eigenvalue weighted by Crippen LogP contribution is 2.21. The summed E-state index contributed by atoms with van der Waals surface area (Å²) in [5.74, 6) is -0.239. The lowest BCUT2D eigenvalue weighted by Crippen LogP contribution is -2.32. The minimum absolute atomic E-state index is 0.0878. The van der Waals surface area contributed by atoms with Crippen LogP contribution < -0.4 is 10.2 Å². The zero-order valence-electron chi connectivity index (χ0n) is 14.9. The number of pyridine rings is 1. The second kappa shape index (κ2) is 7.78. The number of aryl methyl sites for hydroxylation is 1. The van der Waals surface area contributed by atoms with E-state index >= 15 is 0 Å². The van der Waals surface area contributed by atoms with Crippen LogP contribution in [0.3, 0.4) is 0 Å². The van der Waals surface area contributed by atoms with Crippen LogP contribution in [0.4, 0.5) is 11.4 Å². The molecule has 2 aromatic carbocycles. The van der Waals surface area contributed by atoms with E-state index in [0.717, 1.165) is 22.2 Å². The molecule has 5 heteroatoms. The third-order valence-electron chi connectivity index (χ3n) is 4.16. The van der Waals surface area contributed by atoms with Gasteiger partial charge in [0, 0.05) is 37.2 Å². The van der Waals surface area contributed by atoms with E-state index in [2.05, 4.69) is 10.3 Å². The van der Waals surface area contributed by atoms with E-state index in [1.165, 1.54) is 6.92 Å². The molecule has 26 heavy (non-hydrogen) atoms. The first-order valence-electron chi connectivity index (χ1n) is 8.53. The third kappa shape index (κ3) is 4.06. The molecule has 0 saturated carbocycles. The molecule has 132 valence electrons. The fraction of sp³-hybridized carbons (Fsp3) is 0.190. The van der Waals surface area contributed by atoms with Crippen LogP contribution in [0, 0.1) is 6.92 Å². The van der Waals surface area contributed by atoms with Gasteiger partial charge in [-0.1, -0.05) is 30.3 Å². The maximum atomic E-state index is 12.4. The van der Waals surface area contributed by atoms with Gasteiger partial charge in [-0.2, -0.15) is 0 Å². The number of hydrogen-bond acceptors (Lipinski definition) is 3. The quantitative estimate of drug-likeness (QED) is 0.761. The smallest absolute Gasteiger partial charge is 0.226 e. The average Bonchev–Trinajstić information content (AvgIpc) is 2.62. The molecule has 0 aliphatic heterocycles. The molecule has 3 rings (SSSR count). The lowest BCUT2D eigenvalue weighted by atomic mass is 10.2. The highest BCUT2D eigenvalue weighted by atomic mass is 16.2. The Morgan fingerprint density at radius 1 is 1.08 bits per heavy atom. The molecule has 0 radical (unpaired) electrons. The predicted molar refractivity (Wildman–Crippen MR) is 104 cm³/mol. The van der Waals surface area contributed by atoms with Gasteiger partial charge < -0.3 is 10.2 Å². The van der Waals surface area contributed by atoms with Gasteiger partial charge in [0.15, 0.2) is 0 Å². The lowest BCUT2D eigenvalue weighted by molar-refractivity contribution is -0.117. The number of rotatable bonds is 5. The Labute approximate surface area is 152 Å². The normalized spacial score (nSPS) is 10.5. The molecular formula is C21H21N3O2. The van der Waals surface area contributed by atoms with Crippen molar-refractivity contribution in [3.63, 3.8) is 0 Å². The Bertz CT molecular complexity index is 947. The number of hydrogen-bond donors (Lipinski definition) is 1. The monoisotopic (exact) mass is 347 g/mol. The number of fused-ring (bicyclic) bond motifs is 1. The van der Waals surface area contributed by atoms with Gasteiger partial charge in [-0.15, -0.1) is 0 Å². The van der Waals surface area contributed by atoms with Crippen molar-refractivity contribution in [2.24, 2.45) is 0 Å². The van der Waals surface area contributed by atoms with E-state index in [4.69, 9.17) is 0 Å². The van der Waals surface area contributed by atoms with Crippen molar-refractivity contribution >= 4 is 34.1 Å². The molecule has 0 fully saturated rings. The molecule has 2 amide bonds. The number of nitrogens with one attached hydrogen (secondary N) is 1.